The number of aliphatic hydroxyl groups excluding tert-OH is 1. The van der Waals surface area contributed by atoms with Crippen LogP contribution in [0.3, 0.4) is 0 Å². The monoisotopic (exact) mass is 236 g/mol. The lowest BCUT2D eigenvalue weighted by Gasteiger charge is -2.21. The van der Waals surface area contributed by atoms with Gasteiger partial charge < -0.3 is 15.7 Å². The minimum atomic E-state index is -0.421. The van der Waals surface area contributed by atoms with E-state index in [2.05, 4.69) is 0 Å². The van der Waals surface area contributed by atoms with Gasteiger partial charge in [0.2, 0.25) is 5.91 Å². The van der Waals surface area contributed by atoms with Crippen LogP contribution in [0.15, 0.2) is 24.3 Å². The van der Waals surface area contributed by atoms with Crippen LogP contribution >= 0.6 is 0 Å². The number of hydrogen-bond acceptors (Lipinski definition) is 3. The summed E-state index contributed by atoms with van der Waals surface area (Å²) in [6.45, 7) is 4.84. The van der Waals surface area contributed by atoms with E-state index in [1.807, 2.05) is 43.0 Å². The summed E-state index contributed by atoms with van der Waals surface area (Å²) < 4.78 is 0. The molecule has 4 heteroatoms. The van der Waals surface area contributed by atoms with Crippen molar-refractivity contribution in [3.63, 3.8) is 0 Å². The molecule has 1 amide bonds. The Labute approximate surface area is 102 Å². The number of aliphatic hydroxyl groups is 1. The number of amides is 1. The van der Waals surface area contributed by atoms with Crippen LogP contribution in [0, 0.1) is 0 Å². The van der Waals surface area contributed by atoms with Crippen molar-refractivity contribution in [2.24, 2.45) is 5.73 Å². The number of rotatable bonds is 6. The highest BCUT2D eigenvalue weighted by Crippen LogP contribution is 2.20. The van der Waals surface area contributed by atoms with Gasteiger partial charge in [0, 0.05) is 12.2 Å². The fourth-order valence-electron chi connectivity index (χ4n) is 1.72. The van der Waals surface area contributed by atoms with E-state index in [1.165, 1.54) is 0 Å². The number of primary amides is 1. The summed E-state index contributed by atoms with van der Waals surface area (Å²) in [5.74, 6) is -0.343. The standard InChI is InChI=1S/C13H20N2O2/c1-3-12(16)10-5-7-11(8-6-10)15(4-2)9-13(14)17/h5-8,12,16H,3-4,9H2,1-2H3,(H2,14,17)/t12-/m0/s1. The Kier molecular flexibility index (Phi) is 4.97. The molecule has 94 valence electrons. The fraction of sp³-hybridized carbons (Fsp3) is 0.462. The summed E-state index contributed by atoms with van der Waals surface area (Å²) in [5.41, 5.74) is 7.02. The number of hydrogen-bond donors (Lipinski definition) is 2. The topological polar surface area (TPSA) is 66.6 Å². The lowest BCUT2D eigenvalue weighted by molar-refractivity contribution is -0.116. The maximum atomic E-state index is 10.9. The minimum Gasteiger partial charge on any atom is -0.388 e. The minimum absolute atomic E-state index is 0.214. The molecule has 0 bridgehead atoms. The zero-order chi connectivity index (χ0) is 12.8. The molecule has 1 aromatic rings. The Hall–Kier alpha value is -1.55. The van der Waals surface area contributed by atoms with E-state index in [1.54, 1.807) is 0 Å². The Morgan fingerprint density at radius 1 is 1.35 bits per heavy atom. The average Bonchev–Trinajstić information content (AvgIpc) is 2.35. The summed E-state index contributed by atoms with van der Waals surface area (Å²) in [6, 6.07) is 7.57. The van der Waals surface area contributed by atoms with Crippen molar-refractivity contribution in [2.75, 3.05) is 18.0 Å². The summed E-state index contributed by atoms with van der Waals surface area (Å²) in [7, 11) is 0. The van der Waals surface area contributed by atoms with Crippen molar-refractivity contribution in [1.82, 2.24) is 0 Å². The number of nitrogens with zero attached hydrogens (tertiary/aromatic N) is 1. The van der Waals surface area contributed by atoms with E-state index < -0.39 is 6.10 Å². The number of anilines is 1. The third-order valence-electron chi connectivity index (χ3n) is 2.76. The number of likely N-dealkylation sites (N-methyl/N-ethyl adjacent to an activating group) is 1. The van der Waals surface area contributed by atoms with Gasteiger partial charge in [-0.15, -0.1) is 0 Å². The highest BCUT2D eigenvalue weighted by Gasteiger charge is 2.09. The van der Waals surface area contributed by atoms with Crippen LogP contribution in [0.4, 0.5) is 5.69 Å². The van der Waals surface area contributed by atoms with Gasteiger partial charge in [-0.2, -0.15) is 0 Å². The van der Waals surface area contributed by atoms with Crippen LogP contribution in [0.2, 0.25) is 0 Å². The molecule has 0 radical (unpaired) electrons. The fourth-order valence-corrected chi connectivity index (χ4v) is 1.72. The van der Waals surface area contributed by atoms with Gasteiger partial charge >= 0.3 is 0 Å². The molecule has 0 fully saturated rings. The van der Waals surface area contributed by atoms with E-state index in [9.17, 15) is 9.90 Å². The van der Waals surface area contributed by atoms with Crippen LogP contribution in [-0.4, -0.2) is 24.1 Å². The molecule has 1 atom stereocenters. The van der Waals surface area contributed by atoms with Gasteiger partial charge in [-0.25, -0.2) is 0 Å². The Morgan fingerprint density at radius 3 is 2.35 bits per heavy atom. The first kappa shape index (κ1) is 13.5. The van der Waals surface area contributed by atoms with Crippen molar-refractivity contribution >= 4 is 11.6 Å². The number of carbonyl (C=O) groups is 1. The van der Waals surface area contributed by atoms with Gasteiger partial charge in [-0.05, 0) is 31.0 Å². The molecule has 0 aliphatic heterocycles. The summed E-state index contributed by atoms with van der Waals surface area (Å²) >= 11 is 0. The molecule has 0 saturated heterocycles. The molecular formula is C13H20N2O2. The first-order chi connectivity index (χ1) is 8.08. The maximum absolute atomic E-state index is 10.9. The quantitative estimate of drug-likeness (QED) is 0.785. The number of nitrogens with two attached hydrogens (primary N) is 1. The molecule has 3 N–H and O–H groups in total. The second-order valence-electron chi connectivity index (χ2n) is 4.00. The van der Waals surface area contributed by atoms with Crippen molar-refractivity contribution in [3.8, 4) is 0 Å². The molecule has 0 unspecified atom stereocenters. The van der Waals surface area contributed by atoms with E-state index in [-0.39, 0.29) is 12.5 Å². The molecule has 0 aliphatic rings. The molecular weight excluding hydrogens is 216 g/mol. The second-order valence-corrected chi connectivity index (χ2v) is 4.00. The van der Waals surface area contributed by atoms with Crippen molar-refractivity contribution in [1.29, 1.82) is 0 Å². The lowest BCUT2D eigenvalue weighted by Crippen LogP contribution is -2.33. The van der Waals surface area contributed by atoms with Crippen LogP contribution in [0.1, 0.15) is 31.9 Å². The van der Waals surface area contributed by atoms with Gasteiger partial charge in [0.1, 0.15) is 0 Å². The zero-order valence-corrected chi connectivity index (χ0v) is 10.4. The average molecular weight is 236 g/mol. The third kappa shape index (κ3) is 3.75. The SMILES string of the molecule is CC[C@H](O)c1ccc(N(CC)CC(N)=O)cc1. The molecule has 0 heterocycles. The molecule has 1 rings (SSSR count). The molecule has 0 aliphatic carbocycles. The molecule has 17 heavy (non-hydrogen) atoms. The molecule has 1 aromatic carbocycles. The van der Waals surface area contributed by atoms with Gasteiger partial charge in [-0.1, -0.05) is 19.1 Å². The van der Waals surface area contributed by atoms with Crippen LogP contribution in [-0.2, 0) is 4.79 Å². The number of carbonyl (C=O) groups excluding carboxylic acids is 1. The van der Waals surface area contributed by atoms with Gasteiger partial charge in [-0.3, -0.25) is 4.79 Å². The van der Waals surface area contributed by atoms with Crippen molar-refractivity contribution in [2.45, 2.75) is 26.4 Å². The summed E-state index contributed by atoms with van der Waals surface area (Å²) in [5, 5.41) is 9.67. The third-order valence-corrected chi connectivity index (χ3v) is 2.76. The van der Waals surface area contributed by atoms with E-state index in [0.717, 1.165) is 17.8 Å². The maximum Gasteiger partial charge on any atom is 0.236 e. The van der Waals surface area contributed by atoms with E-state index in [4.69, 9.17) is 5.73 Å². The largest absolute Gasteiger partial charge is 0.388 e. The predicted molar refractivity (Wildman–Crippen MR) is 68.8 cm³/mol. The zero-order valence-electron chi connectivity index (χ0n) is 10.4. The van der Waals surface area contributed by atoms with Crippen molar-refractivity contribution in [3.05, 3.63) is 29.8 Å². The van der Waals surface area contributed by atoms with E-state index in [0.29, 0.717) is 6.42 Å². The molecule has 0 spiro atoms. The van der Waals surface area contributed by atoms with Crippen molar-refractivity contribution < 1.29 is 9.90 Å². The highest BCUT2D eigenvalue weighted by molar-refractivity contribution is 5.79. The highest BCUT2D eigenvalue weighted by atomic mass is 16.3. The summed E-state index contributed by atoms with van der Waals surface area (Å²) in [6.07, 6.45) is 0.272. The lowest BCUT2D eigenvalue weighted by atomic mass is 10.1. The smallest absolute Gasteiger partial charge is 0.236 e. The summed E-state index contributed by atoms with van der Waals surface area (Å²) in [4.78, 5) is 12.8. The Bertz CT molecular complexity index is 362. The molecule has 0 saturated carbocycles. The Morgan fingerprint density at radius 2 is 1.94 bits per heavy atom. The van der Waals surface area contributed by atoms with E-state index >= 15 is 0 Å². The first-order valence-corrected chi connectivity index (χ1v) is 5.89. The van der Waals surface area contributed by atoms with Crippen LogP contribution < -0.4 is 10.6 Å². The van der Waals surface area contributed by atoms with Gasteiger partial charge in [0.05, 0.1) is 12.6 Å². The molecule has 4 nitrogen and oxygen atoms in total. The number of benzene rings is 1. The van der Waals surface area contributed by atoms with Gasteiger partial charge in [0.15, 0.2) is 0 Å². The van der Waals surface area contributed by atoms with Gasteiger partial charge in [0.25, 0.3) is 0 Å². The Balaban J connectivity index is 2.81. The predicted octanol–water partition coefficient (Wildman–Crippen LogP) is 1.44. The molecule has 0 aromatic heterocycles. The second kappa shape index (κ2) is 6.25. The normalized spacial score (nSPS) is 12.2. The first-order valence-electron chi connectivity index (χ1n) is 5.89. The van der Waals surface area contributed by atoms with Crippen LogP contribution in [0.5, 0.6) is 0 Å². The van der Waals surface area contributed by atoms with Crippen LogP contribution in [0.25, 0.3) is 0 Å².